The fourth-order valence-corrected chi connectivity index (χ4v) is 6.12. The first kappa shape index (κ1) is 25.5. The van der Waals surface area contributed by atoms with Gasteiger partial charge in [0.15, 0.2) is 0 Å². The summed E-state index contributed by atoms with van der Waals surface area (Å²) in [5.74, 6) is 1.25. The van der Waals surface area contributed by atoms with Crippen LogP contribution in [0.4, 0.5) is 0 Å². The van der Waals surface area contributed by atoms with Gasteiger partial charge in [0.25, 0.3) is 0 Å². The molecular weight excluding hydrogens is 468 g/mol. The Bertz CT molecular complexity index is 1190. The molecule has 2 aliphatic heterocycles. The Morgan fingerprint density at radius 3 is 2.63 bits per heavy atom. The third-order valence-corrected chi connectivity index (χ3v) is 8.33. The van der Waals surface area contributed by atoms with Crippen molar-refractivity contribution in [1.29, 1.82) is 0 Å². The van der Waals surface area contributed by atoms with Crippen LogP contribution in [0.5, 0.6) is 11.5 Å². The normalized spacial score (nSPS) is 19.9. The van der Waals surface area contributed by atoms with Gasteiger partial charge >= 0.3 is 0 Å². The van der Waals surface area contributed by atoms with Crippen LogP contribution in [0.15, 0.2) is 41.3 Å². The van der Waals surface area contributed by atoms with Crippen molar-refractivity contribution in [2.24, 2.45) is 0 Å². The fraction of sp³-hybridized carbons (Fsp3) is 0.500. The minimum atomic E-state index is -3.64. The summed E-state index contributed by atoms with van der Waals surface area (Å²) < 4.78 is 44.4. The maximum Gasteiger partial charge on any atom is 0.243 e. The number of aryl methyl sites for hydroxylation is 2. The van der Waals surface area contributed by atoms with Crippen LogP contribution in [0.25, 0.3) is 0 Å². The molecule has 9 heteroatoms. The smallest absolute Gasteiger partial charge is 0.243 e. The zero-order valence-electron chi connectivity index (χ0n) is 20.8. The molecule has 4 rings (SSSR count). The Morgan fingerprint density at radius 1 is 1.17 bits per heavy atom. The lowest BCUT2D eigenvalue weighted by atomic mass is 9.89. The second kappa shape index (κ2) is 10.2. The molecule has 1 N–H and O–H groups in total. The van der Waals surface area contributed by atoms with Gasteiger partial charge in [-0.15, -0.1) is 0 Å². The van der Waals surface area contributed by atoms with E-state index in [0.29, 0.717) is 50.5 Å². The first-order chi connectivity index (χ1) is 16.6. The van der Waals surface area contributed by atoms with Gasteiger partial charge in [0, 0.05) is 31.5 Å². The summed E-state index contributed by atoms with van der Waals surface area (Å²) in [6.07, 6.45) is 1.22. The molecule has 2 aliphatic rings. The van der Waals surface area contributed by atoms with Crippen LogP contribution in [-0.4, -0.2) is 57.6 Å². The molecule has 0 saturated carbocycles. The zero-order chi connectivity index (χ0) is 25.2. The highest BCUT2D eigenvalue weighted by atomic mass is 32.2. The molecule has 2 aromatic carbocycles. The average Bonchev–Trinajstić information content (AvgIpc) is 2.83. The van der Waals surface area contributed by atoms with E-state index < -0.39 is 15.6 Å². The minimum absolute atomic E-state index is 0.108. The van der Waals surface area contributed by atoms with E-state index >= 15 is 0 Å². The number of carbonyl (C=O) groups is 1. The monoisotopic (exact) mass is 502 g/mol. The number of sulfonamides is 1. The molecule has 35 heavy (non-hydrogen) atoms. The number of ether oxygens (including phenoxy) is 3. The van der Waals surface area contributed by atoms with E-state index in [1.165, 1.54) is 4.31 Å². The Kier molecular flexibility index (Phi) is 7.40. The molecule has 2 aromatic rings. The van der Waals surface area contributed by atoms with Crippen LogP contribution in [0, 0.1) is 6.92 Å². The first-order valence-electron chi connectivity index (χ1n) is 11.9. The van der Waals surface area contributed by atoms with Crippen molar-refractivity contribution in [2.75, 3.05) is 33.4 Å². The molecule has 0 bridgehead atoms. The summed E-state index contributed by atoms with van der Waals surface area (Å²) >= 11 is 0. The SMILES string of the molecule is COc1ccc(S(=O)(=O)N2CCOCC2)cc1CCC(=O)N[C@H]1CC(C)(C)Oc2ccc(C)cc21. The number of benzene rings is 2. The fourth-order valence-electron chi connectivity index (χ4n) is 4.66. The van der Waals surface area contributed by atoms with E-state index in [1.807, 2.05) is 32.9 Å². The topological polar surface area (TPSA) is 94.2 Å². The van der Waals surface area contributed by atoms with Crippen molar-refractivity contribution in [1.82, 2.24) is 9.62 Å². The highest BCUT2D eigenvalue weighted by Gasteiger charge is 2.34. The summed E-state index contributed by atoms with van der Waals surface area (Å²) in [5, 5.41) is 3.16. The van der Waals surface area contributed by atoms with E-state index in [4.69, 9.17) is 14.2 Å². The first-order valence-corrected chi connectivity index (χ1v) is 13.4. The number of hydrogen-bond acceptors (Lipinski definition) is 6. The van der Waals surface area contributed by atoms with Gasteiger partial charge in [-0.1, -0.05) is 17.7 Å². The Hall–Kier alpha value is -2.62. The molecule has 1 atom stereocenters. The van der Waals surface area contributed by atoms with Gasteiger partial charge in [0.2, 0.25) is 15.9 Å². The average molecular weight is 503 g/mol. The summed E-state index contributed by atoms with van der Waals surface area (Å²) in [6, 6.07) is 10.7. The van der Waals surface area contributed by atoms with Crippen molar-refractivity contribution in [3.05, 3.63) is 53.1 Å². The van der Waals surface area contributed by atoms with Crippen molar-refractivity contribution in [3.8, 4) is 11.5 Å². The number of carbonyl (C=O) groups excluding carboxylic acids is 1. The lowest BCUT2D eigenvalue weighted by molar-refractivity contribution is -0.122. The van der Waals surface area contributed by atoms with Crippen molar-refractivity contribution in [2.45, 2.75) is 56.6 Å². The third-order valence-electron chi connectivity index (χ3n) is 6.44. The van der Waals surface area contributed by atoms with E-state index in [1.54, 1.807) is 25.3 Å². The molecular formula is C26H34N2O6S. The number of morpholine rings is 1. The van der Waals surface area contributed by atoms with Gasteiger partial charge < -0.3 is 19.5 Å². The Morgan fingerprint density at radius 2 is 1.91 bits per heavy atom. The lowest BCUT2D eigenvalue weighted by Gasteiger charge is -2.38. The van der Waals surface area contributed by atoms with E-state index in [-0.39, 0.29) is 23.3 Å². The van der Waals surface area contributed by atoms with Gasteiger partial charge in [-0.3, -0.25) is 4.79 Å². The number of nitrogens with one attached hydrogen (secondary N) is 1. The van der Waals surface area contributed by atoms with Gasteiger partial charge in [-0.2, -0.15) is 4.31 Å². The Balaban J connectivity index is 1.48. The van der Waals surface area contributed by atoms with E-state index in [9.17, 15) is 13.2 Å². The Labute approximate surface area is 207 Å². The summed E-state index contributed by atoms with van der Waals surface area (Å²) in [7, 11) is -2.10. The van der Waals surface area contributed by atoms with E-state index in [2.05, 4.69) is 11.4 Å². The van der Waals surface area contributed by atoms with Gasteiger partial charge in [-0.05, 0) is 57.0 Å². The van der Waals surface area contributed by atoms with Crippen LogP contribution in [0.3, 0.4) is 0 Å². The van der Waals surface area contributed by atoms with Crippen LogP contribution in [0.2, 0.25) is 0 Å². The van der Waals surface area contributed by atoms with Crippen LogP contribution in [0.1, 0.15) is 49.4 Å². The number of amides is 1. The molecule has 2 heterocycles. The lowest BCUT2D eigenvalue weighted by Crippen LogP contribution is -2.41. The molecule has 1 fully saturated rings. The molecule has 0 unspecified atom stereocenters. The molecule has 8 nitrogen and oxygen atoms in total. The molecule has 0 aromatic heterocycles. The summed E-state index contributed by atoms with van der Waals surface area (Å²) in [6.45, 7) is 7.47. The zero-order valence-corrected chi connectivity index (χ0v) is 21.6. The molecule has 0 spiro atoms. The van der Waals surface area contributed by atoms with Gasteiger partial charge in [0.05, 0.1) is 31.3 Å². The number of rotatable bonds is 7. The number of fused-ring (bicyclic) bond motifs is 1. The highest BCUT2D eigenvalue weighted by molar-refractivity contribution is 7.89. The second-order valence-electron chi connectivity index (χ2n) is 9.72. The van der Waals surface area contributed by atoms with Gasteiger partial charge in [-0.25, -0.2) is 8.42 Å². The van der Waals surface area contributed by atoms with Crippen molar-refractivity contribution in [3.63, 3.8) is 0 Å². The third kappa shape index (κ3) is 5.79. The molecule has 1 amide bonds. The van der Waals surface area contributed by atoms with Crippen LogP contribution >= 0.6 is 0 Å². The standard InChI is InChI=1S/C26H34N2O6S/c1-18-5-8-24-21(15-18)22(17-26(2,3)34-24)27-25(29)10-6-19-16-20(7-9-23(19)32-4)35(30,31)28-11-13-33-14-12-28/h5,7-9,15-16,22H,6,10-14,17H2,1-4H3,(H,27,29)/t22-/m0/s1. The highest BCUT2D eigenvalue weighted by Crippen LogP contribution is 2.40. The van der Waals surface area contributed by atoms with Crippen molar-refractivity contribution < 1.29 is 27.4 Å². The number of methoxy groups -OCH3 is 1. The maximum absolute atomic E-state index is 13.1. The molecule has 190 valence electrons. The van der Waals surface area contributed by atoms with Crippen LogP contribution < -0.4 is 14.8 Å². The summed E-state index contributed by atoms with van der Waals surface area (Å²) in [4.78, 5) is 13.2. The quantitative estimate of drug-likeness (QED) is 0.624. The van der Waals surface area contributed by atoms with E-state index in [0.717, 1.165) is 16.9 Å². The number of hydrogen-bond donors (Lipinski definition) is 1. The summed E-state index contributed by atoms with van der Waals surface area (Å²) in [5.41, 5.74) is 2.37. The molecule has 0 aliphatic carbocycles. The predicted molar refractivity (Wildman–Crippen MR) is 132 cm³/mol. The largest absolute Gasteiger partial charge is 0.496 e. The van der Waals surface area contributed by atoms with Crippen LogP contribution in [-0.2, 0) is 26.0 Å². The van der Waals surface area contributed by atoms with Gasteiger partial charge in [0.1, 0.15) is 17.1 Å². The molecule has 0 radical (unpaired) electrons. The second-order valence-corrected chi connectivity index (χ2v) is 11.7. The van der Waals surface area contributed by atoms with Crippen molar-refractivity contribution >= 4 is 15.9 Å². The predicted octanol–water partition coefficient (Wildman–Crippen LogP) is 3.38. The minimum Gasteiger partial charge on any atom is -0.496 e. The molecule has 1 saturated heterocycles. The maximum atomic E-state index is 13.1. The number of nitrogens with zero attached hydrogens (tertiary/aromatic N) is 1.